The summed E-state index contributed by atoms with van der Waals surface area (Å²) in [5.41, 5.74) is 0. The Kier molecular flexibility index (Phi) is 61.0. The molecule has 6 nitrogen and oxygen atoms in total. The number of nitrogens with one attached hydrogen (secondary N) is 1. The molecule has 0 fully saturated rings. The molecule has 2 unspecified atom stereocenters. The first-order valence-electron chi connectivity index (χ1n) is 32.6. The van der Waals surface area contributed by atoms with Crippen LogP contribution < -0.4 is 5.32 Å². The van der Waals surface area contributed by atoms with Crippen LogP contribution in [-0.2, 0) is 14.3 Å². The largest absolute Gasteiger partial charge is 0.465 e. The normalized spacial score (nSPS) is 13.0. The van der Waals surface area contributed by atoms with Crippen LogP contribution in [0.5, 0.6) is 0 Å². The number of aliphatic hydroxyl groups excluding tert-OH is 2. The van der Waals surface area contributed by atoms with Gasteiger partial charge < -0.3 is 20.3 Å². The van der Waals surface area contributed by atoms with Crippen LogP contribution >= 0.6 is 0 Å². The molecular formula is C68H125NO5. The summed E-state index contributed by atoms with van der Waals surface area (Å²) in [5.74, 6) is -0.121. The van der Waals surface area contributed by atoms with Crippen LogP contribution in [0.25, 0.3) is 0 Å². The van der Waals surface area contributed by atoms with E-state index < -0.39 is 12.1 Å². The van der Waals surface area contributed by atoms with Crippen molar-refractivity contribution in [3.05, 3.63) is 60.8 Å². The van der Waals surface area contributed by atoms with Crippen LogP contribution in [0.15, 0.2) is 60.8 Å². The van der Waals surface area contributed by atoms with Gasteiger partial charge in [-0.1, -0.05) is 299 Å². The molecule has 74 heavy (non-hydrogen) atoms. The molecule has 1 amide bonds. The summed E-state index contributed by atoms with van der Waals surface area (Å²) >= 11 is 0. The van der Waals surface area contributed by atoms with Gasteiger partial charge in [0.25, 0.3) is 0 Å². The number of aliphatic hydroxyl groups is 2. The van der Waals surface area contributed by atoms with Gasteiger partial charge in [-0.05, 0) is 83.5 Å². The van der Waals surface area contributed by atoms with Gasteiger partial charge in [0.05, 0.1) is 25.4 Å². The number of carbonyl (C=O) groups excluding carboxylic acids is 2. The Morgan fingerprint density at radius 2 is 0.676 bits per heavy atom. The SMILES string of the molecule is CCCCCC/C=C\C/C=C\CCCCCCCC(=O)OCC/C=C\C/C=C\CCCCCCCCCCCCCCCCC(=O)NC(CO)C(O)/C=C/CCCCCCCCCCCCCCCCCCCC. The summed E-state index contributed by atoms with van der Waals surface area (Å²) in [4.78, 5) is 24.5. The Labute approximate surface area is 460 Å². The number of amides is 1. The molecule has 432 valence electrons. The standard InChI is InChI=1S/C68H125NO5/c1-3-5-7-9-11-13-15-17-19-21-22-26-29-32-36-40-44-48-52-56-60-66(71)65(64-70)69-67(72)61-57-53-49-45-41-37-33-30-27-24-23-25-28-31-35-39-43-47-51-55-59-63-74-68(73)62-58-54-50-46-42-38-34-20-18-16-14-12-10-8-6-4-2/h14,16,20,34,39,43,51,55-56,60,65-66,70-71H,3-13,15,17-19,21-33,35-38,40-42,44-50,52-54,57-59,61-64H2,1-2H3,(H,69,72)/b16-14-,34-20-,43-39-,55-51-,60-56+. The molecule has 0 radical (unpaired) electrons. The van der Waals surface area contributed by atoms with Crippen molar-refractivity contribution in [1.29, 1.82) is 0 Å². The number of hydrogen-bond acceptors (Lipinski definition) is 5. The van der Waals surface area contributed by atoms with Gasteiger partial charge in [0, 0.05) is 12.8 Å². The van der Waals surface area contributed by atoms with Crippen LogP contribution in [0.2, 0.25) is 0 Å². The predicted molar refractivity (Wildman–Crippen MR) is 324 cm³/mol. The van der Waals surface area contributed by atoms with Crippen LogP contribution in [0.1, 0.15) is 335 Å². The fourth-order valence-electron chi connectivity index (χ4n) is 9.80. The average Bonchev–Trinajstić information content (AvgIpc) is 3.40. The van der Waals surface area contributed by atoms with Gasteiger partial charge in [-0.15, -0.1) is 0 Å². The minimum absolute atomic E-state index is 0.0496. The summed E-state index contributed by atoms with van der Waals surface area (Å²) in [6.45, 7) is 4.79. The molecule has 0 saturated heterocycles. The highest BCUT2D eigenvalue weighted by molar-refractivity contribution is 5.76. The Morgan fingerprint density at radius 1 is 0.378 bits per heavy atom. The summed E-state index contributed by atoms with van der Waals surface area (Å²) < 4.78 is 5.42. The summed E-state index contributed by atoms with van der Waals surface area (Å²) in [6, 6.07) is -0.634. The number of rotatable bonds is 60. The molecule has 0 rings (SSSR count). The van der Waals surface area contributed by atoms with Crippen LogP contribution in [0, 0.1) is 0 Å². The van der Waals surface area contributed by atoms with E-state index in [1.807, 2.05) is 6.08 Å². The number of unbranched alkanes of at least 4 members (excludes halogenated alkanes) is 41. The Balaban J connectivity index is 3.49. The van der Waals surface area contributed by atoms with Gasteiger partial charge in [0.15, 0.2) is 0 Å². The van der Waals surface area contributed by atoms with Crippen molar-refractivity contribution in [2.75, 3.05) is 13.2 Å². The second kappa shape index (κ2) is 63.1. The van der Waals surface area contributed by atoms with Crippen molar-refractivity contribution < 1.29 is 24.5 Å². The molecule has 0 aromatic heterocycles. The second-order valence-electron chi connectivity index (χ2n) is 22.1. The van der Waals surface area contributed by atoms with E-state index in [1.165, 1.54) is 244 Å². The lowest BCUT2D eigenvalue weighted by Gasteiger charge is -2.20. The van der Waals surface area contributed by atoms with Crippen molar-refractivity contribution in [3.63, 3.8) is 0 Å². The third-order valence-corrected chi connectivity index (χ3v) is 14.8. The van der Waals surface area contributed by atoms with Gasteiger partial charge in [0.2, 0.25) is 5.91 Å². The van der Waals surface area contributed by atoms with E-state index in [9.17, 15) is 19.8 Å². The topological polar surface area (TPSA) is 95.9 Å². The van der Waals surface area contributed by atoms with Crippen molar-refractivity contribution in [3.8, 4) is 0 Å². The van der Waals surface area contributed by atoms with E-state index in [4.69, 9.17) is 4.74 Å². The molecule has 6 heteroatoms. The first-order valence-corrected chi connectivity index (χ1v) is 32.6. The zero-order valence-electron chi connectivity index (χ0n) is 49.3. The molecule has 0 spiro atoms. The molecule has 0 aromatic rings. The lowest BCUT2D eigenvalue weighted by Crippen LogP contribution is -2.45. The van der Waals surface area contributed by atoms with E-state index >= 15 is 0 Å². The predicted octanol–water partition coefficient (Wildman–Crippen LogP) is 20.7. The lowest BCUT2D eigenvalue weighted by molar-refractivity contribution is -0.143. The third-order valence-electron chi connectivity index (χ3n) is 14.8. The fourth-order valence-corrected chi connectivity index (χ4v) is 9.80. The Hall–Kier alpha value is -2.44. The van der Waals surface area contributed by atoms with E-state index in [-0.39, 0.29) is 18.5 Å². The zero-order valence-corrected chi connectivity index (χ0v) is 49.3. The van der Waals surface area contributed by atoms with Gasteiger partial charge in [-0.3, -0.25) is 9.59 Å². The van der Waals surface area contributed by atoms with Gasteiger partial charge >= 0.3 is 5.97 Å². The van der Waals surface area contributed by atoms with Gasteiger partial charge in [0.1, 0.15) is 0 Å². The lowest BCUT2D eigenvalue weighted by atomic mass is 10.0. The summed E-state index contributed by atoms with van der Waals surface area (Å²) in [6.07, 6.45) is 82.8. The molecule has 2 atom stereocenters. The molecule has 0 aliphatic heterocycles. The first-order chi connectivity index (χ1) is 36.5. The smallest absolute Gasteiger partial charge is 0.305 e. The molecule has 0 bridgehead atoms. The molecule has 0 saturated carbocycles. The number of carbonyl (C=O) groups is 2. The van der Waals surface area contributed by atoms with Crippen molar-refractivity contribution in [2.24, 2.45) is 0 Å². The fraction of sp³-hybridized carbons (Fsp3) is 0.824. The van der Waals surface area contributed by atoms with E-state index in [0.29, 0.717) is 19.4 Å². The molecule has 3 N–H and O–H groups in total. The maximum atomic E-state index is 12.5. The molecule has 0 aliphatic carbocycles. The molecule has 0 heterocycles. The van der Waals surface area contributed by atoms with Crippen molar-refractivity contribution >= 4 is 11.9 Å². The van der Waals surface area contributed by atoms with Gasteiger partial charge in [-0.2, -0.15) is 0 Å². The van der Waals surface area contributed by atoms with Crippen molar-refractivity contribution in [1.82, 2.24) is 5.32 Å². The first kappa shape index (κ1) is 71.6. The van der Waals surface area contributed by atoms with Gasteiger partial charge in [-0.25, -0.2) is 0 Å². The summed E-state index contributed by atoms with van der Waals surface area (Å²) in [5, 5.41) is 23.2. The molecule has 0 aromatic carbocycles. The Bertz CT molecular complexity index is 1290. The second-order valence-corrected chi connectivity index (χ2v) is 22.1. The maximum Gasteiger partial charge on any atom is 0.305 e. The quantitative estimate of drug-likeness (QED) is 0.0320. The number of hydrogen-bond donors (Lipinski definition) is 3. The number of esters is 1. The monoisotopic (exact) mass is 1040 g/mol. The summed E-state index contributed by atoms with van der Waals surface area (Å²) in [7, 11) is 0. The van der Waals surface area contributed by atoms with E-state index in [2.05, 4.69) is 67.8 Å². The number of ether oxygens (including phenoxy) is 1. The Morgan fingerprint density at radius 3 is 1.04 bits per heavy atom. The van der Waals surface area contributed by atoms with Crippen LogP contribution in [0.3, 0.4) is 0 Å². The highest BCUT2D eigenvalue weighted by Crippen LogP contribution is 2.17. The molecular weight excluding hydrogens is 911 g/mol. The third kappa shape index (κ3) is 58.8. The van der Waals surface area contributed by atoms with Crippen LogP contribution in [0.4, 0.5) is 0 Å². The zero-order chi connectivity index (χ0) is 53.6. The average molecular weight is 1040 g/mol. The highest BCUT2D eigenvalue weighted by Gasteiger charge is 2.18. The highest BCUT2D eigenvalue weighted by atomic mass is 16.5. The minimum Gasteiger partial charge on any atom is -0.465 e. The number of allylic oxidation sites excluding steroid dienone is 8. The minimum atomic E-state index is -0.850. The maximum absolute atomic E-state index is 12.5. The van der Waals surface area contributed by atoms with E-state index in [1.54, 1.807) is 6.08 Å². The molecule has 0 aliphatic rings. The van der Waals surface area contributed by atoms with E-state index in [0.717, 1.165) is 64.2 Å². The van der Waals surface area contributed by atoms with Crippen LogP contribution in [-0.4, -0.2) is 47.4 Å². The van der Waals surface area contributed by atoms with Crippen molar-refractivity contribution in [2.45, 2.75) is 347 Å².